The van der Waals surface area contributed by atoms with Gasteiger partial charge in [-0.2, -0.15) is 8.42 Å². The summed E-state index contributed by atoms with van der Waals surface area (Å²) in [5, 5.41) is 0. The van der Waals surface area contributed by atoms with Crippen molar-refractivity contribution in [1.29, 1.82) is 0 Å². The molecule has 0 aromatic heterocycles. The van der Waals surface area contributed by atoms with Gasteiger partial charge in [-0.1, -0.05) is 94.7 Å². The summed E-state index contributed by atoms with van der Waals surface area (Å²) in [6.45, 7) is 4.23. The maximum absolute atomic E-state index is 11.2. The van der Waals surface area contributed by atoms with Gasteiger partial charge >= 0.3 is 40.0 Å². The predicted molar refractivity (Wildman–Crippen MR) is 99.0 cm³/mol. The standard InChI is InChI=1S/C18H38O5S.Na.H/c1-3-5-6-7-8-9-10-11-12-13-14-15-16-17-18-22-24(19,20)23-21-4-2;;/h3-18H2,1-2H3;;/q;+1;-1. The van der Waals surface area contributed by atoms with E-state index in [9.17, 15) is 8.42 Å². The third-order valence-electron chi connectivity index (χ3n) is 3.97. The molecule has 0 amide bonds. The van der Waals surface area contributed by atoms with E-state index in [1.165, 1.54) is 70.6 Å². The van der Waals surface area contributed by atoms with Gasteiger partial charge in [0.05, 0.1) is 13.2 Å². The average Bonchev–Trinajstić information content (AvgIpc) is 2.56. The monoisotopic (exact) mass is 390 g/mol. The third kappa shape index (κ3) is 22.8. The van der Waals surface area contributed by atoms with E-state index in [-0.39, 0.29) is 44.2 Å². The molecule has 148 valence electrons. The first-order chi connectivity index (χ1) is 11.6. The molecule has 0 saturated heterocycles. The van der Waals surface area contributed by atoms with E-state index >= 15 is 0 Å². The molecule has 7 heteroatoms. The van der Waals surface area contributed by atoms with Crippen LogP contribution >= 0.6 is 0 Å². The van der Waals surface area contributed by atoms with Gasteiger partial charge in [-0.3, -0.25) is 0 Å². The summed E-state index contributed by atoms with van der Waals surface area (Å²) in [7, 11) is -3.98. The minimum atomic E-state index is -3.98. The van der Waals surface area contributed by atoms with E-state index in [0.29, 0.717) is 0 Å². The first-order valence-electron chi connectivity index (χ1n) is 9.82. The van der Waals surface area contributed by atoms with Gasteiger partial charge in [0.25, 0.3) is 0 Å². The summed E-state index contributed by atoms with van der Waals surface area (Å²) in [5.74, 6) is 0. The van der Waals surface area contributed by atoms with Gasteiger partial charge in [0.15, 0.2) is 0 Å². The van der Waals surface area contributed by atoms with E-state index in [1.807, 2.05) is 0 Å². The Morgan fingerprint density at radius 1 is 0.680 bits per heavy atom. The van der Waals surface area contributed by atoms with Gasteiger partial charge in [0.1, 0.15) is 0 Å². The molecule has 0 aliphatic rings. The van der Waals surface area contributed by atoms with Crippen LogP contribution < -0.4 is 29.6 Å². The topological polar surface area (TPSA) is 61.8 Å². The van der Waals surface area contributed by atoms with Gasteiger partial charge in [-0.15, -0.1) is 0 Å². The average molecular weight is 391 g/mol. The van der Waals surface area contributed by atoms with Gasteiger partial charge in [0, 0.05) is 0 Å². The molecule has 0 unspecified atom stereocenters. The van der Waals surface area contributed by atoms with E-state index in [2.05, 4.69) is 20.3 Å². The molecule has 5 nitrogen and oxygen atoms in total. The molecule has 0 bridgehead atoms. The Hall–Kier alpha value is 0.830. The SMILES string of the molecule is CCCCCCCCCCCCCCCCOS(=O)(=O)OOCC.[H-].[Na+]. The molecule has 0 radical (unpaired) electrons. The largest absolute Gasteiger partial charge is 1.00 e. The minimum Gasteiger partial charge on any atom is -1.00 e. The van der Waals surface area contributed by atoms with Crippen molar-refractivity contribution in [3.05, 3.63) is 0 Å². The summed E-state index contributed by atoms with van der Waals surface area (Å²) in [6, 6.07) is 0. The van der Waals surface area contributed by atoms with Crippen LogP contribution in [-0.2, 0) is 23.8 Å². The zero-order valence-electron chi connectivity index (χ0n) is 17.8. The van der Waals surface area contributed by atoms with Crippen molar-refractivity contribution < 1.29 is 52.8 Å². The first kappa shape index (κ1) is 28.0. The van der Waals surface area contributed by atoms with Crippen molar-refractivity contribution in [2.75, 3.05) is 13.2 Å². The molecule has 0 rings (SSSR count). The summed E-state index contributed by atoms with van der Waals surface area (Å²) < 4.78 is 31.1. The van der Waals surface area contributed by atoms with Crippen molar-refractivity contribution in [2.45, 2.75) is 104 Å². The smallest absolute Gasteiger partial charge is 1.00 e. The summed E-state index contributed by atoms with van der Waals surface area (Å²) in [5.41, 5.74) is 0. The van der Waals surface area contributed by atoms with E-state index in [1.54, 1.807) is 6.92 Å². The maximum atomic E-state index is 11.2. The fraction of sp³-hybridized carbons (Fsp3) is 1.00. The van der Waals surface area contributed by atoms with E-state index in [4.69, 9.17) is 0 Å². The molecule has 0 aromatic rings. The van der Waals surface area contributed by atoms with E-state index < -0.39 is 10.4 Å². The van der Waals surface area contributed by atoms with Crippen molar-refractivity contribution >= 4 is 10.4 Å². The Bertz CT molecular complexity index is 355. The minimum absolute atomic E-state index is 0. The van der Waals surface area contributed by atoms with Crippen LogP contribution in [0.3, 0.4) is 0 Å². The van der Waals surface area contributed by atoms with Gasteiger partial charge in [-0.05, 0) is 13.3 Å². The molecule has 0 aromatic carbocycles. The summed E-state index contributed by atoms with van der Waals surface area (Å²) >= 11 is 0. The molecule has 0 N–H and O–H groups in total. The van der Waals surface area contributed by atoms with Gasteiger partial charge in [-0.25, -0.2) is 9.07 Å². The second-order valence-electron chi connectivity index (χ2n) is 6.30. The second-order valence-corrected chi connectivity index (χ2v) is 7.49. The molecule has 0 fully saturated rings. The molecule has 0 heterocycles. The molecular weight excluding hydrogens is 351 g/mol. The molecule has 0 spiro atoms. The second kappa shape index (κ2) is 21.1. The van der Waals surface area contributed by atoms with Crippen molar-refractivity contribution in [1.82, 2.24) is 0 Å². The van der Waals surface area contributed by atoms with Crippen LogP contribution in [0.2, 0.25) is 0 Å². The number of hydrogen-bond acceptors (Lipinski definition) is 5. The number of hydrogen-bond donors (Lipinski definition) is 0. The molecule has 0 saturated carbocycles. The molecule has 25 heavy (non-hydrogen) atoms. The fourth-order valence-electron chi connectivity index (χ4n) is 2.58. The van der Waals surface area contributed by atoms with Crippen molar-refractivity contribution in [3.8, 4) is 0 Å². The first-order valence-corrected chi connectivity index (χ1v) is 11.2. The van der Waals surface area contributed by atoms with Gasteiger partial charge in [0.2, 0.25) is 0 Å². The van der Waals surface area contributed by atoms with Gasteiger partial charge < -0.3 is 1.43 Å². The van der Waals surface area contributed by atoms with Crippen LogP contribution in [-0.4, -0.2) is 21.6 Å². The van der Waals surface area contributed by atoms with Crippen LogP contribution in [0.4, 0.5) is 0 Å². The quantitative estimate of drug-likeness (QED) is 0.147. The predicted octanol–water partition coefficient (Wildman–Crippen LogP) is 2.81. The van der Waals surface area contributed by atoms with Crippen LogP contribution in [0.1, 0.15) is 105 Å². The van der Waals surface area contributed by atoms with Crippen LogP contribution in [0, 0.1) is 0 Å². The van der Waals surface area contributed by atoms with Crippen molar-refractivity contribution in [3.63, 3.8) is 0 Å². The number of rotatable bonds is 19. The normalized spacial score (nSPS) is 11.4. The molecule has 0 aliphatic heterocycles. The zero-order chi connectivity index (χ0) is 17.9. The Labute approximate surface area is 179 Å². The summed E-state index contributed by atoms with van der Waals surface area (Å²) in [6.07, 6.45) is 17.7. The van der Waals surface area contributed by atoms with Crippen LogP contribution in [0.15, 0.2) is 0 Å². The zero-order valence-corrected chi connectivity index (χ0v) is 19.6. The third-order valence-corrected chi connectivity index (χ3v) is 4.69. The fourth-order valence-corrected chi connectivity index (χ4v) is 3.16. The number of unbranched alkanes of at least 4 members (excludes halogenated alkanes) is 13. The van der Waals surface area contributed by atoms with E-state index in [0.717, 1.165) is 19.3 Å². The Morgan fingerprint density at radius 2 is 1.08 bits per heavy atom. The summed E-state index contributed by atoms with van der Waals surface area (Å²) in [4.78, 5) is 4.36. The molecular formula is C18H39NaO5S. The Morgan fingerprint density at radius 3 is 1.48 bits per heavy atom. The van der Waals surface area contributed by atoms with Crippen LogP contribution in [0.25, 0.3) is 0 Å². The molecule has 0 atom stereocenters. The van der Waals surface area contributed by atoms with Crippen molar-refractivity contribution in [2.24, 2.45) is 0 Å². The Balaban J connectivity index is -0.00000264. The Kier molecular flexibility index (Phi) is 23.7. The maximum Gasteiger partial charge on any atom is 1.00 e. The van der Waals surface area contributed by atoms with Crippen LogP contribution in [0.5, 0.6) is 0 Å². The molecule has 0 aliphatic carbocycles.